The van der Waals surface area contributed by atoms with Crippen LogP contribution in [0.2, 0.25) is 0 Å². The Balaban J connectivity index is 1.57. The van der Waals surface area contributed by atoms with Crippen molar-refractivity contribution < 1.29 is 4.52 Å². The van der Waals surface area contributed by atoms with E-state index in [0.717, 1.165) is 43.7 Å². The van der Waals surface area contributed by atoms with Crippen LogP contribution in [0.1, 0.15) is 43.4 Å². The summed E-state index contributed by atoms with van der Waals surface area (Å²) in [6.07, 6.45) is 6.33. The Hall–Kier alpha value is -0.940. The van der Waals surface area contributed by atoms with Crippen molar-refractivity contribution in [3.63, 3.8) is 0 Å². The maximum absolute atomic E-state index is 5.37. The third-order valence-electron chi connectivity index (χ3n) is 4.28. The van der Waals surface area contributed by atoms with Crippen LogP contribution in [0.5, 0.6) is 0 Å². The highest BCUT2D eigenvalue weighted by molar-refractivity contribution is 4.98. The lowest BCUT2D eigenvalue weighted by Gasteiger charge is -2.30. The van der Waals surface area contributed by atoms with E-state index < -0.39 is 0 Å². The molecule has 1 unspecified atom stereocenters. The zero-order valence-electron chi connectivity index (χ0n) is 11.1. The summed E-state index contributed by atoms with van der Waals surface area (Å²) < 4.78 is 5.37. The number of hydrogen-bond acceptors (Lipinski definition) is 5. The lowest BCUT2D eigenvalue weighted by Crippen LogP contribution is -2.44. The van der Waals surface area contributed by atoms with Gasteiger partial charge in [-0.05, 0) is 19.4 Å². The molecule has 0 spiro atoms. The van der Waals surface area contributed by atoms with E-state index in [-0.39, 0.29) is 6.04 Å². The van der Waals surface area contributed by atoms with Crippen LogP contribution < -0.4 is 5.32 Å². The summed E-state index contributed by atoms with van der Waals surface area (Å²) in [5.41, 5.74) is 0. The summed E-state index contributed by atoms with van der Waals surface area (Å²) in [6, 6.07) is 0.264. The lowest BCUT2D eigenvalue weighted by atomic mass is 9.82. The molecular weight excluding hydrogens is 228 g/mol. The summed E-state index contributed by atoms with van der Waals surface area (Å²) in [4.78, 5) is 6.84. The van der Waals surface area contributed by atoms with E-state index in [4.69, 9.17) is 4.52 Å². The normalized spacial score (nSPS) is 26.2. The van der Waals surface area contributed by atoms with Gasteiger partial charge in [-0.3, -0.25) is 4.90 Å². The number of hydrogen-bond donors (Lipinski definition) is 1. The molecule has 100 valence electrons. The van der Waals surface area contributed by atoms with E-state index in [1.165, 1.54) is 25.7 Å². The Morgan fingerprint density at radius 2 is 2.33 bits per heavy atom. The van der Waals surface area contributed by atoms with Gasteiger partial charge in [-0.25, -0.2) is 0 Å². The molecule has 5 heteroatoms. The fourth-order valence-corrected chi connectivity index (χ4v) is 2.71. The number of piperazine rings is 1. The molecule has 0 amide bonds. The minimum absolute atomic E-state index is 0.264. The molecule has 1 aromatic rings. The molecule has 2 fully saturated rings. The van der Waals surface area contributed by atoms with E-state index in [1.807, 2.05) is 0 Å². The van der Waals surface area contributed by atoms with Crippen molar-refractivity contribution in [2.45, 2.75) is 38.1 Å². The summed E-state index contributed by atoms with van der Waals surface area (Å²) in [7, 11) is 2.12. The minimum Gasteiger partial charge on any atom is -0.339 e. The Bertz CT molecular complexity index is 388. The fraction of sp³-hybridized carbons (Fsp3) is 0.846. The first-order valence-corrected chi connectivity index (χ1v) is 7.06. The van der Waals surface area contributed by atoms with Crippen LogP contribution in [-0.4, -0.2) is 41.7 Å². The second kappa shape index (κ2) is 5.36. The number of aryl methyl sites for hydroxylation is 1. The SMILES string of the molecule is CN1CCNCC1c1noc(CCC2CCC2)n1. The molecule has 1 atom stereocenters. The van der Waals surface area contributed by atoms with Crippen molar-refractivity contribution in [1.82, 2.24) is 20.4 Å². The van der Waals surface area contributed by atoms with Crippen LogP contribution in [0, 0.1) is 5.92 Å². The summed E-state index contributed by atoms with van der Waals surface area (Å²) in [6.45, 7) is 2.99. The second-order valence-electron chi connectivity index (χ2n) is 5.58. The van der Waals surface area contributed by atoms with Crippen molar-refractivity contribution >= 4 is 0 Å². The van der Waals surface area contributed by atoms with Crippen LogP contribution in [-0.2, 0) is 6.42 Å². The van der Waals surface area contributed by atoms with Gasteiger partial charge in [0, 0.05) is 26.1 Å². The molecule has 2 heterocycles. The van der Waals surface area contributed by atoms with Gasteiger partial charge in [0.1, 0.15) is 0 Å². The number of aromatic nitrogens is 2. The highest BCUT2D eigenvalue weighted by atomic mass is 16.5. The van der Waals surface area contributed by atoms with Gasteiger partial charge in [-0.15, -0.1) is 0 Å². The fourth-order valence-electron chi connectivity index (χ4n) is 2.71. The molecule has 3 rings (SSSR count). The van der Waals surface area contributed by atoms with E-state index in [1.54, 1.807) is 0 Å². The second-order valence-corrected chi connectivity index (χ2v) is 5.58. The van der Waals surface area contributed by atoms with E-state index >= 15 is 0 Å². The number of nitrogens with one attached hydrogen (secondary N) is 1. The molecule has 1 aliphatic heterocycles. The van der Waals surface area contributed by atoms with Crippen molar-refractivity contribution in [1.29, 1.82) is 0 Å². The first-order chi connectivity index (χ1) is 8.83. The van der Waals surface area contributed by atoms with Gasteiger partial charge in [0.05, 0.1) is 6.04 Å². The van der Waals surface area contributed by atoms with Crippen molar-refractivity contribution in [3.05, 3.63) is 11.7 Å². The van der Waals surface area contributed by atoms with Crippen molar-refractivity contribution in [2.75, 3.05) is 26.7 Å². The number of nitrogens with zero attached hydrogens (tertiary/aromatic N) is 3. The first kappa shape index (κ1) is 12.1. The molecule has 0 aromatic carbocycles. The van der Waals surface area contributed by atoms with Gasteiger partial charge >= 0.3 is 0 Å². The van der Waals surface area contributed by atoms with Gasteiger partial charge in [0.2, 0.25) is 5.89 Å². The molecule has 0 radical (unpaired) electrons. The standard InChI is InChI=1S/C13H22N4O/c1-17-8-7-14-9-11(17)13-15-12(18-16-13)6-5-10-3-2-4-10/h10-11,14H,2-9H2,1H3. The monoisotopic (exact) mass is 250 g/mol. The topological polar surface area (TPSA) is 54.2 Å². The van der Waals surface area contributed by atoms with E-state index in [2.05, 4.69) is 27.4 Å². The average Bonchev–Trinajstić information content (AvgIpc) is 2.76. The zero-order chi connectivity index (χ0) is 12.4. The van der Waals surface area contributed by atoms with Crippen LogP contribution in [0.3, 0.4) is 0 Å². The zero-order valence-corrected chi connectivity index (χ0v) is 11.1. The highest BCUT2D eigenvalue weighted by Gasteiger charge is 2.25. The van der Waals surface area contributed by atoms with Crippen LogP contribution in [0.15, 0.2) is 4.52 Å². The Kier molecular flexibility index (Phi) is 3.61. The van der Waals surface area contributed by atoms with Crippen LogP contribution in [0.25, 0.3) is 0 Å². The summed E-state index contributed by atoms with van der Waals surface area (Å²) in [5, 5.41) is 7.52. The molecule has 1 aromatic heterocycles. The molecule has 1 N–H and O–H groups in total. The molecule has 0 bridgehead atoms. The molecule has 1 saturated heterocycles. The third kappa shape index (κ3) is 2.57. The summed E-state index contributed by atoms with van der Waals surface area (Å²) in [5.74, 6) is 2.56. The van der Waals surface area contributed by atoms with Gasteiger partial charge < -0.3 is 9.84 Å². The maximum atomic E-state index is 5.37. The van der Waals surface area contributed by atoms with Gasteiger partial charge in [0.15, 0.2) is 5.82 Å². The minimum atomic E-state index is 0.264. The largest absolute Gasteiger partial charge is 0.339 e. The molecule has 1 saturated carbocycles. The Morgan fingerprint density at radius 1 is 1.44 bits per heavy atom. The van der Waals surface area contributed by atoms with Crippen molar-refractivity contribution in [2.24, 2.45) is 5.92 Å². The maximum Gasteiger partial charge on any atom is 0.226 e. The highest BCUT2D eigenvalue weighted by Crippen LogP contribution is 2.30. The Labute approximate surface area is 108 Å². The van der Waals surface area contributed by atoms with E-state index in [0.29, 0.717) is 0 Å². The van der Waals surface area contributed by atoms with E-state index in [9.17, 15) is 0 Å². The molecule has 5 nitrogen and oxygen atoms in total. The van der Waals surface area contributed by atoms with Crippen LogP contribution in [0.4, 0.5) is 0 Å². The molecule has 2 aliphatic rings. The quantitative estimate of drug-likeness (QED) is 0.875. The predicted molar refractivity (Wildman–Crippen MR) is 68.2 cm³/mol. The third-order valence-corrected chi connectivity index (χ3v) is 4.28. The predicted octanol–water partition coefficient (Wildman–Crippen LogP) is 1.38. The lowest BCUT2D eigenvalue weighted by molar-refractivity contribution is 0.190. The molecule has 18 heavy (non-hydrogen) atoms. The smallest absolute Gasteiger partial charge is 0.226 e. The van der Waals surface area contributed by atoms with Gasteiger partial charge in [0.25, 0.3) is 0 Å². The first-order valence-electron chi connectivity index (χ1n) is 7.06. The van der Waals surface area contributed by atoms with Crippen molar-refractivity contribution in [3.8, 4) is 0 Å². The molecular formula is C13H22N4O. The number of rotatable bonds is 4. The Morgan fingerprint density at radius 3 is 3.06 bits per heavy atom. The van der Waals surface area contributed by atoms with Crippen LogP contribution >= 0.6 is 0 Å². The van der Waals surface area contributed by atoms with Gasteiger partial charge in [-0.1, -0.05) is 24.4 Å². The summed E-state index contributed by atoms with van der Waals surface area (Å²) >= 11 is 0. The molecule has 1 aliphatic carbocycles. The average molecular weight is 250 g/mol. The number of likely N-dealkylation sites (N-methyl/N-ethyl adjacent to an activating group) is 1. The van der Waals surface area contributed by atoms with Gasteiger partial charge in [-0.2, -0.15) is 4.98 Å².